The van der Waals surface area contributed by atoms with Crippen LogP contribution in [0.25, 0.3) is 11.6 Å². The lowest BCUT2D eigenvalue weighted by molar-refractivity contribution is -0.384. The van der Waals surface area contributed by atoms with Crippen LogP contribution in [0.5, 0.6) is 5.75 Å². The maximum atomic E-state index is 13.4. The van der Waals surface area contributed by atoms with Crippen LogP contribution in [-0.4, -0.2) is 17.9 Å². The lowest BCUT2D eigenvalue weighted by Crippen LogP contribution is -2.29. The van der Waals surface area contributed by atoms with Crippen molar-refractivity contribution in [3.8, 4) is 5.75 Å². The van der Waals surface area contributed by atoms with Crippen LogP contribution in [0, 0.1) is 17.0 Å². The van der Waals surface area contributed by atoms with E-state index < -0.39 is 4.92 Å². The largest absolute Gasteiger partial charge is 0.496 e. The van der Waals surface area contributed by atoms with E-state index in [1.807, 2.05) is 62.4 Å². The van der Waals surface area contributed by atoms with E-state index >= 15 is 0 Å². The molecule has 0 aliphatic heterocycles. The van der Waals surface area contributed by atoms with Gasteiger partial charge in [0.15, 0.2) is 0 Å². The zero-order chi connectivity index (χ0) is 23.1. The van der Waals surface area contributed by atoms with Gasteiger partial charge in [-0.15, -0.1) is 0 Å². The first-order valence-corrected chi connectivity index (χ1v) is 10.4. The van der Waals surface area contributed by atoms with Crippen LogP contribution >= 0.6 is 0 Å². The summed E-state index contributed by atoms with van der Waals surface area (Å²) in [5.41, 5.74) is 3.72. The second kappa shape index (κ2) is 10.4. The van der Waals surface area contributed by atoms with Gasteiger partial charge in [0.1, 0.15) is 5.75 Å². The highest BCUT2D eigenvalue weighted by Crippen LogP contribution is 2.26. The molecular weight excluding hydrogens is 404 g/mol. The molecule has 0 fully saturated rings. The van der Waals surface area contributed by atoms with Crippen molar-refractivity contribution in [2.24, 2.45) is 0 Å². The average molecular weight is 431 g/mol. The molecule has 0 unspecified atom stereocenters. The highest BCUT2D eigenvalue weighted by Gasteiger charge is 2.19. The molecule has 6 nitrogen and oxygen atoms in total. The molecule has 0 aliphatic carbocycles. The maximum absolute atomic E-state index is 13.4. The van der Waals surface area contributed by atoms with E-state index in [4.69, 9.17) is 4.74 Å². The number of nitrogens with zero attached hydrogens (tertiary/aromatic N) is 1. The van der Waals surface area contributed by atoms with Crippen molar-refractivity contribution in [3.63, 3.8) is 0 Å². The second-order valence-electron chi connectivity index (χ2n) is 7.44. The number of carbonyl (C=O) groups is 1. The Bertz CT molecular complexity index is 1140. The van der Waals surface area contributed by atoms with Crippen LogP contribution in [0.1, 0.15) is 41.6 Å². The van der Waals surface area contributed by atoms with Crippen LogP contribution in [0.3, 0.4) is 0 Å². The Balaban J connectivity index is 1.96. The fraction of sp³-hybridized carbons (Fsp3) is 0.192. The van der Waals surface area contributed by atoms with Crippen molar-refractivity contribution < 1.29 is 14.5 Å². The molecule has 0 saturated heterocycles. The minimum absolute atomic E-state index is 0.0216. The molecule has 3 rings (SSSR count). The number of benzene rings is 3. The number of non-ortho nitro benzene ring substituents is 1. The van der Waals surface area contributed by atoms with E-state index in [0.717, 1.165) is 22.4 Å². The van der Waals surface area contributed by atoms with Gasteiger partial charge in [0.2, 0.25) is 0 Å². The molecule has 0 aliphatic rings. The summed E-state index contributed by atoms with van der Waals surface area (Å²) in [5, 5.41) is 14.3. The van der Waals surface area contributed by atoms with Gasteiger partial charge in [-0.25, -0.2) is 0 Å². The number of nitrogens with one attached hydrogen (secondary N) is 1. The molecule has 3 aromatic rings. The van der Waals surface area contributed by atoms with E-state index in [-0.39, 0.29) is 17.6 Å². The van der Waals surface area contributed by atoms with Gasteiger partial charge in [0.05, 0.1) is 18.1 Å². The summed E-state index contributed by atoms with van der Waals surface area (Å²) in [6, 6.07) is 21.2. The Kier molecular flexibility index (Phi) is 7.39. The lowest BCUT2D eigenvalue weighted by atomic mass is 9.98. The summed E-state index contributed by atoms with van der Waals surface area (Å²) < 4.78 is 5.34. The summed E-state index contributed by atoms with van der Waals surface area (Å²) in [5.74, 6) is 0.550. The van der Waals surface area contributed by atoms with Crippen LogP contribution in [-0.2, 0) is 4.79 Å². The summed E-state index contributed by atoms with van der Waals surface area (Å²) in [6.45, 7) is 3.98. The fourth-order valence-electron chi connectivity index (χ4n) is 3.57. The third kappa shape index (κ3) is 5.40. The zero-order valence-corrected chi connectivity index (χ0v) is 18.4. The molecule has 0 spiro atoms. The Labute approximate surface area is 187 Å². The monoisotopic (exact) mass is 430 g/mol. The van der Waals surface area contributed by atoms with Crippen molar-refractivity contribution in [2.45, 2.75) is 26.3 Å². The van der Waals surface area contributed by atoms with E-state index in [1.165, 1.54) is 12.1 Å². The molecule has 1 atom stereocenters. The molecule has 164 valence electrons. The smallest absolute Gasteiger partial charge is 0.270 e. The van der Waals surface area contributed by atoms with Crippen LogP contribution in [0.2, 0.25) is 0 Å². The number of hydrogen-bond acceptors (Lipinski definition) is 4. The normalized spacial score (nSPS) is 12.2. The summed E-state index contributed by atoms with van der Waals surface area (Å²) in [6.07, 6.45) is 2.39. The first-order valence-electron chi connectivity index (χ1n) is 10.4. The van der Waals surface area contributed by atoms with Gasteiger partial charge in [0, 0.05) is 17.7 Å². The van der Waals surface area contributed by atoms with Crippen molar-refractivity contribution in [3.05, 3.63) is 105 Å². The third-order valence-electron chi connectivity index (χ3n) is 5.26. The number of methoxy groups -OCH3 is 1. The molecule has 0 radical (unpaired) electrons. The van der Waals surface area contributed by atoms with Gasteiger partial charge in [0.25, 0.3) is 11.6 Å². The fourth-order valence-corrected chi connectivity index (χ4v) is 3.57. The van der Waals surface area contributed by atoms with Gasteiger partial charge in [-0.05, 0) is 47.7 Å². The zero-order valence-electron chi connectivity index (χ0n) is 18.4. The Morgan fingerprint density at radius 3 is 2.47 bits per heavy atom. The lowest BCUT2D eigenvalue weighted by Gasteiger charge is -2.20. The van der Waals surface area contributed by atoms with E-state index in [1.54, 1.807) is 25.3 Å². The highest BCUT2D eigenvalue weighted by molar-refractivity contribution is 6.24. The summed E-state index contributed by atoms with van der Waals surface area (Å²) >= 11 is 0. The number of aryl methyl sites for hydroxylation is 1. The molecule has 1 N–H and O–H groups in total. The van der Waals surface area contributed by atoms with Crippen molar-refractivity contribution in [2.75, 3.05) is 7.11 Å². The standard InChI is InChI=1S/C26H26N2O4/c1-4-24(21-13-14-25(32-3)18(2)15-21)27-26(29)23(20-10-6-5-7-11-20)17-19-9-8-12-22(16-19)28(30)31/h5-17,24H,4H2,1-3H3,(H,27,29)/b23-17+/t24-/m0/s1. The highest BCUT2D eigenvalue weighted by atomic mass is 16.6. The molecule has 3 aromatic carbocycles. The number of nitro benzene ring substituents is 1. The number of ether oxygens (including phenoxy) is 1. The second-order valence-corrected chi connectivity index (χ2v) is 7.44. The summed E-state index contributed by atoms with van der Waals surface area (Å²) in [7, 11) is 1.63. The van der Waals surface area contributed by atoms with Crippen molar-refractivity contribution >= 4 is 23.2 Å². The molecule has 0 saturated carbocycles. The first-order chi connectivity index (χ1) is 15.4. The van der Waals surface area contributed by atoms with Crippen molar-refractivity contribution in [1.82, 2.24) is 5.32 Å². The first kappa shape index (κ1) is 22.7. The van der Waals surface area contributed by atoms with Gasteiger partial charge in [-0.1, -0.05) is 61.5 Å². The van der Waals surface area contributed by atoms with E-state index in [2.05, 4.69) is 5.32 Å². The van der Waals surface area contributed by atoms with Crippen molar-refractivity contribution in [1.29, 1.82) is 0 Å². The van der Waals surface area contributed by atoms with Gasteiger partial charge in [-0.3, -0.25) is 14.9 Å². The minimum Gasteiger partial charge on any atom is -0.496 e. The third-order valence-corrected chi connectivity index (χ3v) is 5.26. The minimum atomic E-state index is -0.446. The van der Waals surface area contributed by atoms with Crippen LogP contribution in [0.4, 0.5) is 5.69 Å². The molecule has 32 heavy (non-hydrogen) atoms. The Morgan fingerprint density at radius 1 is 1.09 bits per heavy atom. The topological polar surface area (TPSA) is 81.5 Å². The quantitative estimate of drug-likeness (QED) is 0.214. The van der Waals surface area contributed by atoms with E-state index in [0.29, 0.717) is 17.6 Å². The molecular formula is C26H26N2O4. The predicted molar refractivity (Wildman–Crippen MR) is 126 cm³/mol. The number of amides is 1. The van der Waals surface area contributed by atoms with Gasteiger partial charge < -0.3 is 10.1 Å². The number of hydrogen-bond donors (Lipinski definition) is 1. The SMILES string of the molecule is CC[C@H](NC(=O)/C(=C/c1cccc([N+](=O)[O-])c1)c1ccccc1)c1ccc(OC)c(C)c1. The number of rotatable bonds is 8. The molecule has 6 heteroatoms. The van der Waals surface area contributed by atoms with E-state index in [9.17, 15) is 14.9 Å². The molecule has 0 aromatic heterocycles. The maximum Gasteiger partial charge on any atom is 0.270 e. The molecule has 0 heterocycles. The number of nitro groups is 1. The Hall–Kier alpha value is -3.93. The Morgan fingerprint density at radius 2 is 1.84 bits per heavy atom. The van der Waals surface area contributed by atoms with Gasteiger partial charge in [-0.2, -0.15) is 0 Å². The molecule has 0 bridgehead atoms. The number of carbonyl (C=O) groups excluding carboxylic acids is 1. The van der Waals surface area contributed by atoms with Crippen LogP contribution in [0.15, 0.2) is 72.8 Å². The summed E-state index contributed by atoms with van der Waals surface area (Å²) in [4.78, 5) is 24.1. The average Bonchev–Trinajstić information content (AvgIpc) is 2.81. The molecule has 1 amide bonds. The van der Waals surface area contributed by atoms with Gasteiger partial charge >= 0.3 is 0 Å². The predicted octanol–water partition coefficient (Wildman–Crippen LogP) is 5.72. The van der Waals surface area contributed by atoms with Crippen LogP contribution < -0.4 is 10.1 Å².